The van der Waals surface area contributed by atoms with Crippen molar-refractivity contribution in [2.45, 2.75) is 46.1 Å². The van der Waals surface area contributed by atoms with E-state index in [1.807, 2.05) is 50.2 Å². The number of amides is 1. The molecular formula is C22H29NO3. The van der Waals surface area contributed by atoms with Gasteiger partial charge in [0.25, 0.3) is 5.91 Å². The Kier molecular flexibility index (Phi) is 7.52. The lowest BCUT2D eigenvalue weighted by Crippen LogP contribution is -2.38. The normalized spacial score (nSPS) is 11.7. The monoisotopic (exact) mass is 355 g/mol. The maximum absolute atomic E-state index is 12.4. The lowest BCUT2D eigenvalue weighted by atomic mass is 10.1. The molecule has 0 fully saturated rings. The highest BCUT2D eigenvalue weighted by Gasteiger charge is 2.18. The molecule has 0 aliphatic carbocycles. The lowest BCUT2D eigenvalue weighted by Gasteiger charge is -2.18. The molecule has 0 radical (unpaired) electrons. The zero-order chi connectivity index (χ0) is 18.9. The molecule has 0 saturated heterocycles. The maximum atomic E-state index is 12.4. The fraction of sp³-hybridized carbons (Fsp3) is 0.409. The van der Waals surface area contributed by atoms with Crippen LogP contribution in [0.5, 0.6) is 11.5 Å². The summed E-state index contributed by atoms with van der Waals surface area (Å²) in [6.45, 7) is 6.69. The lowest BCUT2D eigenvalue weighted by molar-refractivity contribution is -0.128. The van der Waals surface area contributed by atoms with Gasteiger partial charge in [-0.25, -0.2) is 0 Å². The number of nitrogens with one attached hydrogen (secondary N) is 1. The van der Waals surface area contributed by atoms with Gasteiger partial charge in [0.2, 0.25) is 0 Å². The molecule has 1 atom stereocenters. The van der Waals surface area contributed by atoms with Crippen molar-refractivity contribution in [2.24, 2.45) is 0 Å². The third-order valence-corrected chi connectivity index (χ3v) is 4.50. The van der Waals surface area contributed by atoms with Crippen molar-refractivity contribution < 1.29 is 14.3 Å². The minimum absolute atomic E-state index is 0.0589. The van der Waals surface area contributed by atoms with Crippen molar-refractivity contribution in [3.05, 3.63) is 59.2 Å². The Balaban J connectivity index is 1.80. The van der Waals surface area contributed by atoms with E-state index in [1.54, 1.807) is 7.11 Å². The van der Waals surface area contributed by atoms with Crippen LogP contribution < -0.4 is 14.8 Å². The molecule has 0 aliphatic heterocycles. The van der Waals surface area contributed by atoms with Crippen LogP contribution in [0.25, 0.3) is 0 Å². The van der Waals surface area contributed by atoms with Crippen LogP contribution in [0.2, 0.25) is 0 Å². The second-order valence-electron chi connectivity index (χ2n) is 6.51. The molecule has 0 bridgehead atoms. The van der Waals surface area contributed by atoms with Gasteiger partial charge in [-0.05, 0) is 74.1 Å². The van der Waals surface area contributed by atoms with E-state index in [9.17, 15) is 4.79 Å². The average molecular weight is 355 g/mol. The molecule has 0 aromatic heterocycles. The fourth-order valence-electron chi connectivity index (χ4n) is 2.72. The Morgan fingerprint density at radius 1 is 1.08 bits per heavy atom. The van der Waals surface area contributed by atoms with Crippen molar-refractivity contribution in [1.29, 1.82) is 0 Å². The number of benzene rings is 2. The Bertz CT molecular complexity index is 727. The zero-order valence-corrected chi connectivity index (χ0v) is 16.2. The highest BCUT2D eigenvalue weighted by Crippen LogP contribution is 2.18. The topological polar surface area (TPSA) is 47.6 Å². The number of hydrogen-bond acceptors (Lipinski definition) is 3. The molecule has 0 heterocycles. The second kappa shape index (κ2) is 9.85. The average Bonchev–Trinajstić information content (AvgIpc) is 2.66. The number of aryl methyl sites for hydroxylation is 3. The van der Waals surface area contributed by atoms with Gasteiger partial charge < -0.3 is 14.8 Å². The van der Waals surface area contributed by atoms with E-state index >= 15 is 0 Å². The molecule has 2 aromatic carbocycles. The molecule has 1 N–H and O–H groups in total. The van der Waals surface area contributed by atoms with E-state index in [2.05, 4.69) is 18.3 Å². The molecule has 4 heteroatoms. The van der Waals surface area contributed by atoms with Crippen molar-refractivity contribution >= 4 is 5.91 Å². The molecule has 4 nitrogen and oxygen atoms in total. The van der Waals surface area contributed by atoms with E-state index in [1.165, 1.54) is 11.1 Å². The van der Waals surface area contributed by atoms with Crippen molar-refractivity contribution in [2.75, 3.05) is 13.7 Å². The summed E-state index contributed by atoms with van der Waals surface area (Å²) in [5.74, 6) is 1.54. The first-order valence-electron chi connectivity index (χ1n) is 9.18. The van der Waals surface area contributed by atoms with Crippen LogP contribution in [-0.2, 0) is 11.2 Å². The predicted octanol–water partition coefficient (Wildman–Crippen LogP) is 4.22. The van der Waals surface area contributed by atoms with E-state index in [0.29, 0.717) is 13.0 Å². The number of methoxy groups -OCH3 is 1. The molecule has 26 heavy (non-hydrogen) atoms. The van der Waals surface area contributed by atoms with Crippen LogP contribution in [-0.4, -0.2) is 25.7 Å². The summed E-state index contributed by atoms with van der Waals surface area (Å²) in [6, 6.07) is 13.9. The summed E-state index contributed by atoms with van der Waals surface area (Å²) in [5, 5.41) is 2.98. The van der Waals surface area contributed by atoms with Gasteiger partial charge in [0, 0.05) is 6.54 Å². The van der Waals surface area contributed by atoms with Crippen LogP contribution in [0.3, 0.4) is 0 Å². The number of rotatable bonds is 9. The third kappa shape index (κ3) is 5.80. The number of ether oxygens (including phenoxy) is 2. The van der Waals surface area contributed by atoms with E-state index in [0.717, 1.165) is 29.9 Å². The minimum Gasteiger partial charge on any atom is -0.497 e. The summed E-state index contributed by atoms with van der Waals surface area (Å²) >= 11 is 0. The van der Waals surface area contributed by atoms with Crippen LogP contribution in [0.4, 0.5) is 0 Å². The van der Waals surface area contributed by atoms with Gasteiger partial charge in [-0.3, -0.25) is 4.79 Å². The first-order valence-corrected chi connectivity index (χ1v) is 9.18. The summed E-state index contributed by atoms with van der Waals surface area (Å²) in [4.78, 5) is 12.4. The number of hydrogen-bond donors (Lipinski definition) is 1. The quantitative estimate of drug-likeness (QED) is 0.685. The fourth-order valence-corrected chi connectivity index (χ4v) is 2.72. The van der Waals surface area contributed by atoms with Crippen LogP contribution in [0.1, 0.15) is 36.5 Å². The SMILES string of the molecule is CC[C@H](Oc1ccc(C)c(C)c1)C(=O)NCCCc1cccc(OC)c1. The van der Waals surface area contributed by atoms with Gasteiger partial charge in [-0.1, -0.05) is 25.1 Å². The zero-order valence-electron chi connectivity index (χ0n) is 16.2. The Labute approximate surface area is 156 Å². The van der Waals surface area contributed by atoms with E-state index in [4.69, 9.17) is 9.47 Å². The molecular weight excluding hydrogens is 326 g/mol. The molecule has 0 saturated carbocycles. The Hall–Kier alpha value is -2.49. The first kappa shape index (κ1) is 19.8. The highest BCUT2D eigenvalue weighted by molar-refractivity contribution is 5.81. The molecule has 0 spiro atoms. The van der Waals surface area contributed by atoms with Crippen molar-refractivity contribution in [1.82, 2.24) is 5.32 Å². The minimum atomic E-state index is -0.464. The number of carbonyl (C=O) groups excluding carboxylic acids is 1. The van der Waals surface area contributed by atoms with Gasteiger partial charge in [-0.15, -0.1) is 0 Å². The number of carbonyl (C=O) groups is 1. The van der Waals surface area contributed by atoms with Crippen LogP contribution >= 0.6 is 0 Å². The molecule has 1 amide bonds. The molecule has 0 unspecified atom stereocenters. The largest absolute Gasteiger partial charge is 0.497 e. The van der Waals surface area contributed by atoms with Gasteiger partial charge in [0.15, 0.2) is 6.10 Å². The van der Waals surface area contributed by atoms with Gasteiger partial charge in [0.05, 0.1) is 7.11 Å². The third-order valence-electron chi connectivity index (χ3n) is 4.50. The smallest absolute Gasteiger partial charge is 0.261 e. The summed E-state index contributed by atoms with van der Waals surface area (Å²) in [7, 11) is 1.67. The molecule has 140 valence electrons. The summed E-state index contributed by atoms with van der Waals surface area (Å²) in [6.07, 6.45) is 1.94. The Morgan fingerprint density at radius 2 is 1.88 bits per heavy atom. The second-order valence-corrected chi connectivity index (χ2v) is 6.51. The van der Waals surface area contributed by atoms with E-state index < -0.39 is 6.10 Å². The van der Waals surface area contributed by atoms with E-state index in [-0.39, 0.29) is 5.91 Å². The van der Waals surface area contributed by atoms with Crippen LogP contribution in [0, 0.1) is 13.8 Å². The summed E-state index contributed by atoms with van der Waals surface area (Å²) in [5.41, 5.74) is 3.58. The van der Waals surface area contributed by atoms with Gasteiger partial charge in [-0.2, -0.15) is 0 Å². The first-order chi connectivity index (χ1) is 12.5. The highest BCUT2D eigenvalue weighted by atomic mass is 16.5. The maximum Gasteiger partial charge on any atom is 0.261 e. The standard InChI is InChI=1S/C22H29NO3/c1-5-21(26-20-12-11-16(2)17(3)14-20)22(24)23-13-7-9-18-8-6-10-19(15-18)25-4/h6,8,10-12,14-15,21H,5,7,9,13H2,1-4H3,(H,23,24)/t21-/m0/s1. The molecule has 2 aromatic rings. The van der Waals surface area contributed by atoms with Gasteiger partial charge >= 0.3 is 0 Å². The van der Waals surface area contributed by atoms with Gasteiger partial charge in [0.1, 0.15) is 11.5 Å². The van der Waals surface area contributed by atoms with Crippen molar-refractivity contribution in [3.63, 3.8) is 0 Å². The van der Waals surface area contributed by atoms with Crippen molar-refractivity contribution in [3.8, 4) is 11.5 Å². The molecule has 2 rings (SSSR count). The summed E-state index contributed by atoms with van der Waals surface area (Å²) < 4.78 is 11.1. The van der Waals surface area contributed by atoms with Crippen LogP contribution in [0.15, 0.2) is 42.5 Å². The molecule has 0 aliphatic rings. The predicted molar refractivity (Wildman–Crippen MR) is 105 cm³/mol. The Morgan fingerprint density at radius 3 is 2.58 bits per heavy atom.